The van der Waals surface area contributed by atoms with Crippen molar-refractivity contribution < 1.29 is 22.7 Å². The van der Waals surface area contributed by atoms with Crippen molar-refractivity contribution in [1.29, 1.82) is 0 Å². The van der Waals surface area contributed by atoms with Crippen LogP contribution in [0.1, 0.15) is 24.9 Å². The molecule has 4 rings (SSSR count). The quantitative estimate of drug-likeness (QED) is 0.711. The van der Waals surface area contributed by atoms with Crippen molar-refractivity contribution in [2.24, 2.45) is 0 Å². The Bertz CT molecular complexity index is 1040. The van der Waals surface area contributed by atoms with Crippen LogP contribution in [0.25, 0.3) is 0 Å². The lowest BCUT2D eigenvalue weighted by molar-refractivity contribution is -0.123. The Balaban J connectivity index is 1.32. The molecule has 0 saturated carbocycles. The molecular weight excluding hydrogens is 430 g/mol. The highest BCUT2D eigenvalue weighted by Gasteiger charge is 2.30. The van der Waals surface area contributed by atoms with Gasteiger partial charge in [-0.15, -0.1) is 0 Å². The number of fused-ring (bicyclic) bond motifs is 1. The van der Waals surface area contributed by atoms with Crippen molar-refractivity contribution in [3.63, 3.8) is 0 Å². The van der Waals surface area contributed by atoms with E-state index in [-0.39, 0.29) is 23.4 Å². The fourth-order valence-corrected chi connectivity index (χ4v) is 5.33. The molecule has 2 aromatic carbocycles. The van der Waals surface area contributed by atoms with E-state index in [0.29, 0.717) is 50.9 Å². The number of amides is 1. The van der Waals surface area contributed by atoms with Crippen LogP contribution in [0, 0.1) is 0 Å². The molecule has 32 heavy (non-hydrogen) atoms. The zero-order valence-electron chi connectivity index (χ0n) is 18.2. The predicted molar refractivity (Wildman–Crippen MR) is 120 cm³/mol. The molecule has 172 valence electrons. The second-order valence-electron chi connectivity index (χ2n) is 8.04. The molecule has 0 spiro atoms. The summed E-state index contributed by atoms with van der Waals surface area (Å²) in [6.45, 7) is 4.91. The maximum atomic E-state index is 13.1. The SMILES string of the molecule is C[C@@H](NC(=O)CN1CCN(S(=O)(=O)c2ccc3c(c2)OCCCO3)CC1)c1ccccc1. The van der Waals surface area contributed by atoms with E-state index in [4.69, 9.17) is 9.47 Å². The number of hydrogen-bond donors (Lipinski definition) is 1. The highest BCUT2D eigenvalue weighted by atomic mass is 32.2. The van der Waals surface area contributed by atoms with Gasteiger partial charge < -0.3 is 14.8 Å². The molecular formula is C23H29N3O5S. The van der Waals surface area contributed by atoms with Crippen LogP contribution in [0.2, 0.25) is 0 Å². The number of sulfonamides is 1. The summed E-state index contributed by atoms with van der Waals surface area (Å²) in [7, 11) is -3.64. The molecule has 1 saturated heterocycles. The van der Waals surface area contributed by atoms with Crippen LogP contribution < -0.4 is 14.8 Å². The first-order valence-electron chi connectivity index (χ1n) is 10.9. The first-order chi connectivity index (χ1) is 15.4. The van der Waals surface area contributed by atoms with Crippen LogP contribution in [0.15, 0.2) is 53.4 Å². The number of carbonyl (C=O) groups excluding carboxylic acids is 1. The zero-order valence-corrected chi connectivity index (χ0v) is 19.0. The molecule has 2 heterocycles. The molecule has 1 atom stereocenters. The lowest BCUT2D eigenvalue weighted by Crippen LogP contribution is -2.51. The van der Waals surface area contributed by atoms with Gasteiger partial charge >= 0.3 is 0 Å². The third-order valence-corrected chi connectivity index (χ3v) is 7.63. The first kappa shape index (κ1) is 22.6. The molecule has 1 fully saturated rings. The number of piperazine rings is 1. The maximum Gasteiger partial charge on any atom is 0.243 e. The largest absolute Gasteiger partial charge is 0.490 e. The second kappa shape index (κ2) is 9.89. The number of ether oxygens (including phenoxy) is 2. The summed E-state index contributed by atoms with van der Waals surface area (Å²) in [5.74, 6) is 0.967. The minimum atomic E-state index is -3.64. The maximum absolute atomic E-state index is 13.1. The van der Waals surface area contributed by atoms with Crippen LogP contribution in [-0.2, 0) is 14.8 Å². The van der Waals surface area contributed by atoms with Gasteiger partial charge in [-0.1, -0.05) is 30.3 Å². The second-order valence-corrected chi connectivity index (χ2v) is 9.98. The van der Waals surface area contributed by atoms with Crippen molar-refractivity contribution in [2.45, 2.75) is 24.3 Å². The molecule has 0 aromatic heterocycles. The van der Waals surface area contributed by atoms with E-state index < -0.39 is 10.0 Å². The van der Waals surface area contributed by atoms with Crippen LogP contribution in [0.4, 0.5) is 0 Å². The van der Waals surface area contributed by atoms with E-state index in [0.717, 1.165) is 12.0 Å². The number of rotatable bonds is 6. The Morgan fingerprint density at radius 2 is 1.69 bits per heavy atom. The van der Waals surface area contributed by atoms with Crippen molar-refractivity contribution in [1.82, 2.24) is 14.5 Å². The van der Waals surface area contributed by atoms with Gasteiger partial charge in [-0.2, -0.15) is 4.31 Å². The summed E-state index contributed by atoms with van der Waals surface area (Å²) in [4.78, 5) is 14.6. The first-order valence-corrected chi connectivity index (χ1v) is 12.3. The molecule has 0 radical (unpaired) electrons. The summed E-state index contributed by atoms with van der Waals surface area (Å²) >= 11 is 0. The molecule has 2 aliphatic rings. The average Bonchev–Trinajstić information content (AvgIpc) is 3.05. The third kappa shape index (κ3) is 5.23. The van der Waals surface area contributed by atoms with Crippen LogP contribution in [-0.4, -0.2) is 69.5 Å². The number of carbonyl (C=O) groups is 1. The van der Waals surface area contributed by atoms with Gasteiger partial charge in [-0.05, 0) is 24.6 Å². The van der Waals surface area contributed by atoms with E-state index in [1.807, 2.05) is 42.2 Å². The van der Waals surface area contributed by atoms with Crippen molar-refractivity contribution in [3.8, 4) is 11.5 Å². The molecule has 1 N–H and O–H groups in total. The van der Waals surface area contributed by atoms with Crippen LogP contribution in [0.5, 0.6) is 11.5 Å². The Morgan fingerprint density at radius 1 is 1.00 bits per heavy atom. The van der Waals surface area contributed by atoms with E-state index in [2.05, 4.69) is 5.32 Å². The monoisotopic (exact) mass is 459 g/mol. The van der Waals surface area contributed by atoms with Gasteiger partial charge in [0.05, 0.1) is 30.7 Å². The van der Waals surface area contributed by atoms with Crippen molar-refractivity contribution in [3.05, 3.63) is 54.1 Å². The minimum Gasteiger partial charge on any atom is -0.490 e. The van der Waals surface area contributed by atoms with E-state index >= 15 is 0 Å². The molecule has 0 bridgehead atoms. The van der Waals surface area contributed by atoms with Gasteiger partial charge in [0.1, 0.15) is 0 Å². The zero-order chi connectivity index (χ0) is 22.6. The number of hydrogen-bond acceptors (Lipinski definition) is 6. The number of nitrogens with zero attached hydrogens (tertiary/aromatic N) is 2. The summed E-state index contributed by atoms with van der Waals surface area (Å²) in [6, 6.07) is 14.5. The topological polar surface area (TPSA) is 88.2 Å². The van der Waals surface area contributed by atoms with Gasteiger partial charge in [0.2, 0.25) is 15.9 Å². The fourth-order valence-electron chi connectivity index (χ4n) is 3.90. The molecule has 2 aliphatic heterocycles. The standard InChI is InChI=1S/C23H29N3O5S/c1-18(19-6-3-2-4-7-19)24-23(27)17-25-10-12-26(13-11-25)32(28,29)20-8-9-21-22(16-20)31-15-5-14-30-21/h2-4,6-9,16,18H,5,10-15,17H2,1H3,(H,24,27)/t18-/m1/s1. The third-order valence-electron chi connectivity index (χ3n) is 5.73. The summed E-state index contributed by atoms with van der Waals surface area (Å²) in [6.07, 6.45) is 0.760. The molecule has 8 nitrogen and oxygen atoms in total. The molecule has 1 amide bonds. The Kier molecular flexibility index (Phi) is 6.98. The van der Waals surface area contributed by atoms with Gasteiger partial charge in [0, 0.05) is 38.7 Å². The fraction of sp³-hybridized carbons (Fsp3) is 0.435. The summed E-state index contributed by atoms with van der Waals surface area (Å²) in [5, 5.41) is 3.01. The molecule has 9 heteroatoms. The number of benzene rings is 2. The smallest absolute Gasteiger partial charge is 0.243 e. The van der Waals surface area contributed by atoms with E-state index in [1.54, 1.807) is 18.2 Å². The van der Waals surface area contributed by atoms with E-state index in [9.17, 15) is 13.2 Å². The van der Waals surface area contributed by atoms with Gasteiger partial charge in [0.25, 0.3) is 0 Å². The Labute approximate surface area is 189 Å². The molecule has 0 aliphatic carbocycles. The van der Waals surface area contributed by atoms with Crippen molar-refractivity contribution in [2.75, 3.05) is 45.9 Å². The molecule has 0 unspecified atom stereocenters. The lowest BCUT2D eigenvalue weighted by atomic mass is 10.1. The summed E-state index contributed by atoms with van der Waals surface area (Å²) < 4.78 is 38.9. The van der Waals surface area contributed by atoms with Gasteiger partial charge in [-0.3, -0.25) is 9.69 Å². The normalized spacial score (nSPS) is 18.5. The lowest BCUT2D eigenvalue weighted by Gasteiger charge is -2.33. The minimum absolute atomic E-state index is 0.0689. The Hall–Kier alpha value is -2.62. The Morgan fingerprint density at radius 3 is 2.41 bits per heavy atom. The highest BCUT2D eigenvalue weighted by Crippen LogP contribution is 2.33. The molecule has 2 aromatic rings. The average molecular weight is 460 g/mol. The predicted octanol–water partition coefficient (Wildman–Crippen LogP) is 2.03. The summed E-state index contributed by atoms with van der Waals surface area (Å²) in [5.41, 5.74) is 1.05. The number of nitrogens with one attached hydrogen (secondary N) is 1. The highest BCUT2D eigenvalue weighted by molar-refractivity contribution is 7.89. The van der Waals surface area contributed by atoms with Crippen LogP contribution in [0.3, 0.4) is 0 Å². The van der Waals surface area contributed by atoms with E-state index in [1.165, 1.54) is 4.31 Å². The van der Waals surface area contributed by atoms with Gasteiger partial charge in [0.15, 0.2) is 11.5 Å². The van der Waals surface area contributed by atoms with Crippen molar-refractivity contribution >= 4 is 15.9 Å². The van der Waals surface area contributed by atoms with Gasteiger partial charge in [-0.25, -0.2) is 8.42 Å². The van der Waals surface area contributed by atoms with Crippen LogP contribution >= 0.6 is 0 Å².